The quantitative estimate of drug-likeness (QED) is 0.415. The topological polar surface area (TPSA) is 119 Å². The zero-order valence-electron chi connectivity index (χ0n) is 21.1. The summed E-state index contributed by atoms with van der Waals surface area (Å²) in [6.07, 6.45) is 1.14. The number of hydrogen-bond acceptors (Lipinski definition) is 9. The molecule has 198 valence electrons. The lowest BCUT2D eigenvalue weighted by atomic mass is 9.98. The molecule has 1 unspecified atom stereocenters. The summed E-state index contributed by atoms with van der Waals surface area (Å²) in [4.78, 5) is 17.9. The summed E-state index contributed by atoms with van der Waals surface area (Å²) in [5.41, 5.74) is 2.11. The second kappa shape index (κ2) is 11.4. The van der Waals surface area contributed by atoms with E-state index >= 15 is 0 Å². The molecule has 10 nitrogen and oxygen atoms in total. The van der Waals surface area contributed by atoms with Gasteiger partial charge in [0.05, 0.1) is 43.5 Å². The molecule has 1 aliphatic rings. The molecule has 2 N–H and O–H groups in total. The Morgan fingerprint density at radius 2 is 1.78 bits per heavy atom. The Morgan fingerprint density at radius 3 is 2.46 bits per heavy atom. The number of ether oxygens (including phenoxy) is 3. The van der Waals surface area contributed by atoms with Crippen LogP contribution in [0.15, 0.2) is 46.7 Å². The Balaban J connectivity index is 1.52. The lowest BCUT2D eigenvalue weighted by molar-refractivity contribution is -0.120. The highest BCUT2D eigenvalue weighted by Gasteiger charge is 2.34. The predicted octanol–water partition coefficient (Wildman–Crippen LogP) is 3.92. The Bertz CT molecular complexity index is 1380. The number of rotatable bonds is 9. The molecule has 37 heavy (non-hydrogen) atoms. The molecule has 1 aromatic heterocycles. The van der Waals surface area contributed by atoms with Crippen LogP contribution in [-0.4, -0.2) is 65.1 Å². The molecule has 3 aromatic rings. The summed E-state index contributed by atoms with van der Waals surface area (Å²) in [5.74, 6) is 0.480. The number of thiazole rings is 1. The molecule has 12 heteroatoms. The van der Waals surface area contributed by atoms with Crippen LogP contribution in [0.1, 0.15) is 12.8 Å². The van der Waals surface area contributed by atoms with Crippen molar-refractivity contribution < 1.29 is 27.4 Å². The minimum Gasteiger partial charge on any atom is -0.495 e. The van der Waals surface area contributed by atoms with Gasteiger partial charge in [0.25, 0.3) is 0 Å². The zero-order valence-corrected chi connectivity index (χ0v) is 22.7. The van der Waals surface area contributed by atoms with E-state index in [0.717, 1.165) is 16.4 Å². The summed E-state index contributed by atoms with van der Waals surface area (Å²) in [7, 11) is 2.44. The summed E-state index contributed by atoms with van der Waals surface area (Å²) in [6, 6.07) is 9.94. The van der Waals surface area contributed by atoms with E-state index in [1.165, 1.54) is 49.1 Å². The van der Waals surface area contributed by atoms with Crippen molar-refractivity contribution in [2.24, 2.45) is 5.92 Å². The van der Waals surface area contributed by atoms with Crippen LogP contribution in [0.2, 0.25) is 0 Å². The van der Waals surface area contributed by atoms with Crippen molar-refractivity contribution in [1.82, 2.24) is 9.29 Å². The number of anilines is 2. The Kier molecular flexibility index (Phi) is 8.20. The normalized spacial score (nSPS) is 16.2. The summed E-state index contributed by atoms with van der Waals surface area (Å²) in [5, 5.41) is 8.68. The molecule has 4 rings (SSSR count). The third-order valence-electron chi connectivity index (χ3n) is 6.22. The highest BCUT2D eigenvalue weighted by Crippen LogP contribution is 2.34. The van der Waals surface area contributed by atoms with Gasteiger partial charge in [-0.3, -0.25) is 4.79 Å². The number of amides is 1. The first-order valence-corrected chi connectivity index (χ1v) is 14.0. The van der Waals surface area contributed by atoms with Crippen LogP contribution >= 0.6 is 11.3 Å². The van der Waals surface area contributed by atoms with E-state index in [2.05, 4.69) is 15.6 Å². The smallest absolute Gasteiger partial charge is 0.243 e. The van der Waals surface area contributed by atoms with E-state index in [-0.39, 0.29) is 17.3 Å². The number of sulfonamides is 1. The maximum absolute atomic E-state index is 13.4. The lowest BCUT2D eigenvalue weighted by Gasteiger charge is -2.31. The third kappa shape index (κ3) is 5.65. The number of nitrogens with zero attached hydrogens (tertiary/aromatic N) is 2. The van der Waals surface area contributed by atoms with Crippen molar-refractivity contribution in [2.45, 2.75) is 17.7 Å². The number of methoxy groups -OCH3 is 3. The van der Waals surface area contributed by atoms with Crippen molar-refractivity contribution in [2.75, 3.05) is 52.1 Å². The maximum Gasteiger partial charge on any atom is 0.243 e. The fourth-order valence-electron chi connectivity index (χ4n) is 4.22. The standard InChI is InChI=1S/C25H30N4O6S2/c1-26-25-28-20(15-36-25)16-7-9-21(33-2)19(12-16)27-24(30)17-6-5-11-29(14-17)37(31,32)18-8-10-22(34-3)23(13-18)35-4/h7-10,12-13,15,17H,5-6,11,14H2,1-4H3,(H,26,28)(H,27,30). The van der Waals surface area contributed by atoms with Gasteiger partial charge in [0.15, 0.2) is 16.6 Å². The van der Waals surface area contributed by atoms with Gasteiger partial charge >= 0.3 is 0 Å². The van der Waals surface area contributed by atoms with E-state index in [9.17, 15) is 13.2 Å². The molecule has 2 heterocycles. The zero-order chi connectivity index (χ0) is 26.6. The van der Waals surface area contributed by atoms with Gasteiger partial charge in [0.1, 0.15) is 5.75 Å². The van der Waals surface area contributed by atoms with Crippen molar-refractivity contribution >= 4 is 38.1 Å². The van der Waals surface area contributed by atoms with Crippen molar-refractivity contribution in [3.63, 3.8) is 0 Å². The molecule has 0 saturated carbocycles. The summed E-state index contributed by atoms with van der Waals surface area (Å²) < 4.78 is 44.0. The Hall–Kier alpha value is -3.35. The minimum atomic E-state index is -3.83. The maximum atomic E-state index is 13.4. The van der Waals surface area contributed by atoms with Crippen LogP contribution in [0.3, 0.4) is 0 Å². The van der Waals surface area contributed by atoms with Crippen LogP contribution in [0, 0.1) is 5.92 Å². The van der Waals surface area contributed by atoms with Crippen LogP contribution < -0.4 is 24.8 Å². The largest absolute Gasteiger partial charge is 0.495 e. The number of carbonyl (C=O) groups is 1. The highest BCUT2D eigenvalue weighted by molar-refractivity contribution is 7.89. The first kappa shape index (κ1) is 26.7. The second-order valence-electron chi connectivity index (χ2n) is 8.41. The molecular formula is C25H30N4O6S2. The van der Waals surface area contributed by atoms with Gasteiger partial charge in [-0.25, -0.2) is 13.4 Å². The average Bonchev–Trinajstić information content (AvgIpc) is 3.42. The number of aromatic nitrogens is 1. The highest BCUT2D eigenvalue weighted by atomic mass is 32.2. The second-order valence-corrected chi connectivity index (χ2v) is 11.2. The number of hydrogen-bond donors (Lipinski definition) is 2. The van der Waals surface area contributed by atoms with E-state index in [1.807, 2.05) is 17.5 Å². The molecule has 0 radical (unpaired) electrons. The molecule has 1 fully saturated rings. The van der Waals surface area contributed by atoms with E-state index in [4.69, 9.17) is 14.2 Å². The van der Waals surface area contributed by atoms with Crippen LogP contribution in [0.4, 0.5) is 10.8 Å². The molecular weight excluding hydrogens is 516 g/mol. The minimum absolute atomic E-state index is 0.0716. The fraction of sp³-hybridized carbons (Fsp3) is 0.360. The van der Waals surface area contributed by atoms with Gasteiger partial charge < -0.3 is 24.8 Å². The average molecular weight is 547 g/mol. The first-order valence-electron chi connectivity index (χ1n) is 11.7. The van der Waals surface area contributed by atoms with E-state index < -0.39 is 15.9 Å². The van der Waals surface area contributed by atoms with Crippen LogP contribution in [0.25, 0.3) is 11.3 Å². The van der Waals surface area contributed by atoms with Crippen molar-refractivity contribution in [3.8, 4) is 28.5 Å². The van der Waals surface area contributed by atoms with Gasteiger partial charge in [0, 0.05) is 37.1 Å². The molecule has 1 aliphatic heterocycles. The monoisotopic (exact) mass is 546 g/mol. The fourth-order valence-corrected chi connectivity index (χ4v) is 6.44. The summed E-state index contributed by atoms with van der Waals surface area (Å²) in [6.45, 7) is 0.402. The van der Waals surface area contributed by atoms with Crippen LogP contribution in [0.5, 0.6) is 17.2 Å². The number of piperidine rings is 1. The molecule has 0 spiro atoms. The summed E-state index contributed by atoms with van der Waals surface area (Å²) >= 11 is 1.48. The van der Waals surface area contributed by atoms with E-state index in [1.54, 1.807) is 19.2 Å². The van der Waals surface area contributed by atoms with Crippen LogP contribution in [-0.2, 0) is 14.8 Å². The van der Waals surface area contributed by atoms with Crippen molar-refractivity contribution in [3.05, 3.63) is 41.8 Å². The third-order valence-corrected chi connectivity index (χ3v) is 8.94. The molecule has 1 amide bonds. The van der Waals surface area contributed by atoms with Gasteiger partial charge in [-0.2, -0.15) is 4.31 Å². The van der Waals surface area contributed by atoms with Gasteiger partial charge in [-0.05, 0) is 43.2 Å². The lowest BCUT2D eigenvalue weighted by Crippen LogP contribution is -2.43. The number of carbonyl (C=O) groups excluding carboxylic acids is 1. The number of benzene rings is 2. The Labute approximate surface area is 220 Å². The Morgan fingerprint density at radius 1 is 1.05 bits per heavy atom. The molecule has 2 aromatic carbocycles. The molecule has 0 bridgehead atoms. The predicted molar refractivity (Wildman–Crippen MR) is 143 cm³/mol. The van der Waals surface area contributed by atoms with Crippen molar-refractivity contribution in [1.29, 1.82) is 0 Å². The first-order chi connectivity index (χ1) is 17.8. The van der Waals surface area contributed by atoms with Gasteiger partial charge in [-0.1, -0.05) is 0 Å². The van der Waals surface area contributed by atoms with Gasteiger partial charge in [0.2, 0.25) is 15.9 Å². The molecule has 1 saturated heterocycles. The molecule has 0 aliphatic carbocycles. The number of nitrogens with one attached hydrogen (secondary N) is 2. The molecule has 1 atom stereocenters. The SMILES string of the molecule is CNc1nc(-c2ccc(OC)c(NC(=O)C3CCCN(S(=O)(=O)c4ccc(OC)c(OC)c4)C3)c2)cs1. The van der Waals surface area contributed by atoms with E-state index in [0.29, 0.717) is 42.3 Å². The van der Waals surface area contributed by atoms with Gasteiger partial charge in [-0.15, -0.1) is 11.3 Å².